The molecular weight excluding hydrogens is 791 g/mol. The molecule has 0 atom stereocenters. The Bertz CT molecular complexity index is 2480. The van der Waals surface area contributed by atoms with Gasteiger partial charge in [-0.15, -0.1) is 19.7 Å². The fourth-order valence-corrected chi connectivity index (χ4v) is 6.24. The molecule has 0 aliphatic rings. The smallest absolute Gasteiger partial charge is 0.337 e. The molecule has 0 heterocycles. The minimum Gasteiger partial charge on any atom is -0.504 e. The minimum atomic E-state index is -5.32. The van der Waals surface area contributed by atoms with E-state index in [-0.39, 0.29) is 27.9 Å². The summed E-state index contributed by atoms with van der Waals surface area (Å²) in [6.07, 6.45) is 0. The lowest BCUT2D eigenvalue weighted by atomic mass is 10.2. The number of hydrogen-bond acceptors (Lipinski definition) is 18. The first kappa shape index (κ1) is 40.4. The summed E-state index contributed by atoms with van der Waals surface area (Å²) in [5, 5.41) is 54.3. The van der Waals surface area contributed by atoms with Gasteiger partial charge in [0.25, 0.3) is 30.4 Å². The molecule has 0 unspecified atom stereocenters. The number of hydrazone groups is 1. The first-order valence-electron chi connectivity index (χ1n) is 13.7. The van der Waals surface area contributed by atoms with Crippen LogP contribution in [0.15, 0.2) is 118 Å². The average molecular weight is 814 g/mol. The highest BCUT2D eigenvalue weighted by Crippen LogP contribution is 2.37. The van der Waals surface area contributed by atoms with Crippen molar-refractivity contribution in [3.05, 3.63) is 83.9 Å². The number of phenolic OH excluding ortho intramolecular Hbond substituents is 1. The molecule has 4 rings (SSSR count). The molecule has 0 amide bonds. The Morgan fingerprint density at radius 3 is 2.04 bits per heavy atom. The van der Waals surface area contributed by atoms with Gasteiger partial charge in [0, 0.05) is 23.2 Å². The van der Waals surface area contributed by atoms with Gasteiger partial charge in [-0.05, 0) is 72.8 Å². The Morgan fingerprint density at radius 2 is 1.45 bits per heavy atom. The van der Waals surface area contributed by atoms with Gasteiger partial charge >= 0.3 is 5.97 Å². The molecule has 0 aromatic heterocycles. The number of nitrogens with zero attached hydrogens (tertiary/aromatic N) is 5. The van der Waals surface area contributed by atoms with Crippen LogP contribution in [0.25, 0.3) is 0 Å². The van der Waals surface area contributed by atoms with Gasteiger partial charge in [0.2, 0.25) is 5.84 Å². The third kappa shape index (κ3) is 10.6. The maximum absolute atomic E-state index is 12.2. The number of amidine groups is 1. The van der Waals surface area contributed by atoms with Crippen molar-refractivity contribution in [3.63, 3.8) is 0 Å². The summed E-state index contributed by atoms with van der Waals surface area (Å²) in [6.45, 7) is 0. The minimum absolute atomic E-state index is 0.131. The van der Waals surface area contributed by atoms with Crippen LogP contribution in [0.3, 0.4) is 0 Å². The molecule has 0 bridgehead atoms. The Hall–Kier alpha value is -5.42. The molecule has 4 aromatic carbocycles. The lowest BCUT2D eigenvalue weighted by Gasteiger charge is -2.10. The SMILES string of the molecule is CNc1ccc(N=Nc2cc(/C(N=Nc3cc(S(=O)(=O)O)cc(S(=O)(=O)O)c3O)=N/Nc3ccc(SOOO)cc3C(=O)O)ccc2S(=O)(=O)O)cc1. The quantitative estimate of drug-likeness (QED) is 0.0153. The zero-order valence-corrected chi connectivity index (χ0v) is 29.4. The van der Waals surface area contributed by atoms with E-state index in [1.54, 1.807) is 19.2 Å². The number of azo groups is 2. The molecule has 0 radical (unpaired) electrons. The predicted molar refractivity (Wildman–Crippen MR) is 183 cm³/mol. The largest absolute Gasteiger partial charge is 0.504 e. The Balaban J connectivity index is 1.93. The zero-order valence-electron chi connectivity index (χ0n) is 26.2. The van der Waals surface area contributed by atoms with E-state index in [2.05, 4.69) is 45.7 Å². The fourth-order valence-electron chi connectivity index (χ4n) is 4.01. The first-order valence-corrected chi connectivity index (χ1v) is 18.8. The van der Waals surface area contributed by atoms with E-state index in [1.807, 2.05) is 0 Å². The third-order valence-corrected chi connectivity index (χ3v) is 9.62. The summed E-state index contributed by atoms with van der Waals surface area (Å²) in [6, 6.07) is 13.5. The van der Waals surface area contributed by atoms with E-state index in [4.69, 9.17) is 5.26 Å². The number of anilines is 2. The lowest BCUT2D eigenvalue weighted by molar-refractivity contribution is -0.432. The molecule has 0 saturated heterocycles. The van der Waals surface area contributed by atoms with Crippen LogP contribution in [-0.4, -0.2) is 73.2 Å². The summed E-state index contributed by atoms with van der Waals surface area (Å²) >= 11 is 0.435. The summed E-state index contributed by atoms with van der Waals surface area (Å²) in [5.74, 6) is -3.45. The summed E-state index contributed by atoms with van der Waals surface area (Å²) in [7, 11) is -13.8. The molecule has 53 heavy (non-hydrogen) atoms. The normalized spacial score (nSPS) is 12.7. The number of carbonyl (C=O) groups is 1. The Morgan fingerprint density at radius 1 is 0.774 bits per heavy atom. The van der Waals surface area contributed by atoms with Crippen molar-refractivity contribution >= 4 is 82.6 Å². The number of carboxylic acids is 1. The molecule has 280 valence electrons. The molecule has 0 spiro atoms. The molecule has 0 saturated carbocycles. The highest BCUT2D eigenvalue weighted by atomic mass is 32.2. The van der Waals surface area contributed by atoms with Crippen molar-refractivity contribution in [3.8, 4) is 5.75 Å². The van der Waals surface area contributed by atoms with Crippen LogP contribution in [0, 0.1) is 0 Å². The Labute approximate surface area is 302 Å². The number of carboxylic acid groups (broad SMARTS) is 1. The van der Waals surface area contributed by atoms with Gasteiger partial charge < -0.3 is 15.5 Å². The molecule has 0 aliphatic heterocycles. The highest BCUT2D eigenvalue weighted by Gasteiger charge is 2.25. The predicted octanol–water partition coefficient (Wildman–Crippen LogP) is 5.27. The van der Waals surface area contributed by atoms with Crippen LogP contribution in [0.1, 0.15) is 15.9 Å². The van der Waals surface area contributed by atoms with Crippen molar-refractivity contribution < 1.29 is 68.5 Å². The van der Waals surface area contributed by atoms with Crippen molar-refractivity contribution in [1.82, 2.24) is 0 Å². The van der Waals surface area contributed by atoms with Crippen LogP contribution in [0.2, 0.25) is 0 Å². The van der Waals surface area contributed by atoms with Crippen molar-refractivity contribution in [2.24, 2.45) is 25.6 Å². The second-order valence-electron chi connectivity index (χ2n) is 9.88. The average Bonchev–Trinajstić information content (AvgIpc) is 3.09. The van der Waals surface area contributed by atoms with Gasteiger partial charge in [-0.25, -0.2) is 10.1 Å². The van der Waals surface area contributed by atoms with E-state index in [0.717, 1.165) is 24.3 Å². The van der Waals surface area contributed by atoms with E-state index < -0.39 is 79.5 Å². The van der Waals surface area contributed by atoms with Crippen LogP contribution in [0.5, 0.6) is 5.75 Å². The van der Waals surface area contributed by atoms with Gasteiger partial charge in [0.1, 0.15) is 21.2 Å². The van der Waals surface area contributed by atoms with Crippen molar-refractivity contribution in [1.29, 1.82) is 0 Å². The monoisotopic (exact) mass is 813 g/mol. The summed E-state index contributed by atoms with van der Waals surface area (Å²) < 4.78 is 105. The first-order chi connectivity index (χ1) is 24.8. The van der Waals surface area contributed by atoms with Gasteiger partial charge in [-0.3, -0.25) is 19.1 Å². The summed E-state index contributed by atoms with van der Waals surface area (Å²) in [5.41, 5.74) is 1.03. The van der Waals surface area contributed by atoms with Crippen molar-refractivity contribution in [2.75, 3.05) is 17.8 Å². The fraction of sp³-hybridized carbons (Fsp3) is 0.0370. The molecule has 0 aliphatic carbocycles. The van der Waals surface area contributed by atoms with E-state index >= 15 is 0 Å². The van der Waals surface area contributed by atoms with E-state index in [9.17, 15) is 53.9 Å². The van der Waals surface area contributed by atoms with Gasteiger partial charge in [-0.1, -0.05) is 5.04 Å². The van der Waals surface area contributed by atoms with Gasteiger partial charge in [-0.2, -0.15) is 35.5 Å². The molecule has 0 fully saturated rings. The van der Waals surface area contributed by atoms with Crippen LogP contribution in [-0.2, 0) is 39.7 Å². The standard InChI is InChI=1S/C27H23N7O15S4/c1-28-15-3-5-16(6-4-15)29-31-21-10-14(2-9-23(21)52(42,43)44)26(33-30-20-8-7-17(50-49-48-38)11-19(20)27(36)37)34-32-22-12-18(51(39,40)41)13-24(25(22)35)53(45,46)47/h2-13,28,30,35,38H,1H3,(H,36,37)(H,39,40,41)(H,42,43,44)(H,45,46,47)/b31-29?,33-26-,34-32?. The number of rotatable bonds is 14. The molecular formula is C27H23N7O15S4. The molecule has 8 N–H and O–H groups in total. The maximum atomic E-state index is 12.2. The van der Waals surface area contributed by atoms with Gasteiger partial charge in [0.15, 0.2) is 5.75 Å². The second-order valence-corrected chi connectivity index (χ2v) is 14.9. The second kappa shape index (κ2) is 16.5. The van der Waals surface area contributed by atoms with Crippen molar-refractivity contribution in [2.45, 2.75) is 19.6 Å². The topological polar surface area (TPSA) is 345 Å². The van der Waals surface area contributed by atoms with Crippen LogP contribution in [0.4, 0.5) is 28.4 Å². The van der Waals surface area contributed by atoms with Crippen LogP contribution >= 0.6 is 12.0 Å². The number of aromatic hydroxyl groups is 1. The molecule has 22 nitrogen and oxygen atoms in total. The maximum Gasteiger partial charge on any atom is 0.337 e. The number of aromatic carboxylic acids is 1. The van der Waals surface area contributed by atoms with E-state index in [0.29, 0.717) is 23.8 Å². The zero-order chi connectivity index (χ0) is 39.1. The number of nitrogens with one attached hydrogen (secondary N) is 2. The molecule has 26 heteroatoms. The Kier molecular flexibility index (Phi) is 12.6. The van der Waals surface area contributed by atoms with Gasteiger partial charge in [0.05, 0.1) is 33.9 Å². The van der Waals surface area contributed by atoms with Crippen LogP contribution < -0.4 is 10.7 Å². The highest BCUT2D eigenvalue weighted by molar-refractivity contribution is 7.94. The molecule has 4 aromatic rings. The number of phenols is 1. The lowest BCUT2D eigenvalue weighted by Crippen LogP contribution is -2.07. The number of hydrogen-bond donors (Lipinski definition) is 8. The third-order valence-electron chi connectivity index (χ3n) is 6.45. The van der Waals surface area contributed by atoms with E-state index in [1.165, 1.54) is 24.3 Å². The summed E-state index contributed by atoms with van der Waals surface area (Å²) in [4.78, 5) is 8.86. The number of benzene rings is 4.